The van der Waals surface area contributed by atoms with Crippen LogP contribution in [0.4, 0.5) is 5.69 Å². The minimum atomic E-state index is 0.639. The second-order valence-corrected chi connectivity index (χ2v) is 4.96. The Balaban J connectivity index is 2.15. The molecule has 0 aromatic carbocycles. The molecule has 1 aromatic rings. The first kappa shape index (κ1) is 14.7. The summed E-state index contributed by atoms with van der Waals surface area (Å²) in [4.78, 5) is 24.3. The molecule has 110 valence electrons. The van der Waals surface area contributed by atoms with E-state index in [1.807, 2.05) is 18.4 Å². The molecule has 0 saturated carbocycles. The largest absolute Gasteiger partial charge is 0.379 e. The smallest absolute Gasteiger partial charge is 0.211 e. The van der Waals surface area contributed by atoms with Gasteiger partial charge in [0.1, 0.15) is 0 Å². The van der Waals surface area contributed by atoms with E-state index in [0.717, 1.165) is 62.6 Å². The van der Waals surface area contributed by atoms with E-state index in [0.29, 0.717) is 12.1 Å². The fraction of sp³-hybridized carbons (Fsp3) is 0.571. The maximum atomic E-state index is 11.3. The van der Waals surface area contributed by atoms with Crippen molar-refractivity contribution in [3.8, 4) is 0 Å². The summed E-state index contributed by atoms with van der Waals surface area (Å²) in [5.74, 6) is 0. The third kappa shape index (κ3) is 2.91. The van der Waals surface area contributed by atoms with Gasteiger partial charge in [-0.2, -0.15) is 0 Å². The normalized spacial score (nSPS) is 16.1. The molecule has 2 heterocycles. The zero-order valence-corrected chi connectivity index (χ0v) is 12.0. The zero-order chi connectivity index (χ0) is 14.5. The van der Waals surface area contributed by atoms with Gasteiger partial charge in [0.05, 0.1) is 24.6 Å². The predicted molar refractivity (Wildman–Crippen MR) is 76.2 cm³/mol. The van der Waals surface area contributed by atoms with Crippen molar-refractivity contribution < 1.29 is 14.3 Å². The van der Waals surface area contributed by atoms with Gasteiger partial charge in [-0.25, -0.2) is 0 Å². The van der Waals surface area contributed by atoms with Crippen LogP contribution in [-0.4, -0.2) is 55.0 Å². The van der Waals surface area contributed by atoms with Gasteiger partial charge in [0, 0.05) is 37.4 Å². The second kappa shape index (κ2) is 6.67. The molecule has 20 heavy (non-hydrogen) atoms. The highest BCUT2D eigenvalue weighted by atomic mass is 16.5. The van der Waals surface area contributed by atoms with Crippen molar-refractivity contribution >= 4 is 18.4 Å². The number of rotatable bonds is 6. The van der Waals surface area contributed by atoms with Crippen molar-refractivity contribution in [2.24, 2.45) is 0 Å². The molecule has 0 spiro atoms. The van der Waals surface area contributed by atoms with E-state index in [-0.39, 0.29) is 0 Å². The predicted octanol–water partition coefficient (Wildman–Crippen LogP) is 0.818. The number of hydrogen-bond donors (Lipinski definition) is 1. The van der Waals surface area contributed by atoms with Crippen LogP contribution in [0.5, 0.6) is 0 Å². The first-order chi connectivity index (χ1) is 9.69. The molecule has 2 rings (SSSR count). The van der Waals surface area contributed by atoms with Crippen LogP contribution in [0.2, 0.25) is 0 Å². The van der Waals surface area contributed by atoms with Crippen molar-refractivity contribution in [3.63, 3.8) is 0 Å². The zero-order valence-electron chi connectivity index (χ0n) is 12.0. The molecule has 0 aliphatic carbocycles. The number of aldehydes is 1. The highest BCUT2D eigenvalue weighted by Crippen LogP contribution is 2.25. The van der Waals surface area contributed by atoms with Gasteiger partial charge < -0.3 is 14.6 Å². The van der Waals surface area contributed by atoms with Crippen molar-refractivity contribution in [1.82, 2.24) is 9.47 Å². The van der Waals surface area contributed by atoms with Gasteiger partial charge in [-0.1, -0.05) is 0 Å². The molecule has 0 radical (unpaired) electrons. The van der Waals surface area contributed by atoms with Gasteiger partial charge in [-0.3, -0.25) is 14.5 Å². The van der Waals surface area contributed by atoms with Crippen molar-refractivity contribution in [2.45, 2.75) is 20.4 Å². The summed E-state index contributed by atoms with van der Waals surface area (Å²) in [6, 6.07) is 0. The van der Waals surface area contributed by atoms with Crippen LogP contribution in [0.15, 0.2) is 0 Å². The van der Waals surface area contributed by atoms with Crippen molar-refractivity contribution in [1.29, 1.82) is 0 Å². The van der Waals surface area contributed by atoms with E-state index in [1.54, 1.807) is 0 Å². The van der Waals surface area contributed by atoms with E-state index in [2.05, 4.69) is 10.2 Å². The molecule has 0 atom stereocenters. The number of carbonyl (C=O) groups excluding carboxylic acids is 2. The van der Waals surface area contributed by atoms with Crippen LogP contribution in [0, 0.1) is 13.8 Å². The molecular formula is C14H21N3O3. The SMILES string of the molecule is Cc1c(NC=O)c(C)n(CCN2CCOCC2)c1C=O. The summed E-state index contributed by atoms with van der Waals surface area (Å²) in [5, 5.41) is 2.68. The molecule has 1 aliphatic rings. The van der Waals surface area contributed by atoms with Gasteiger partial charge in [0.15, 0.2) is 6.29 Å². The van der Waals surface area contributed by atoms with Crippen molar-refractivity contribution in [3.05, 3.63) is 17.0 Å². The number of nitrogens with zero attached hydrogens (tertiary/aromatic N) is 2. The lowest BCUT2D eigenvalue weighted by Crippen LogP contribution is -2.38. The number of carbonyl (C=O) groups is 2. The quantitative estimate of drug-likeness (QED) is 0.783. The summed E-state index contributed by atoms with van der Waals surface area (Å²) < 4.78 is 7.30. The van der Waals surface area contributed by atoms with Gasteiger partial charge in [0.25, 0.3) is 0 Å². The van der Waals surface area contributed by atoms with Crippen LogP contribution in [0.25, 0.3) is 0 Å². The number of nitrogens with one attached hydrogen (secondary N) is 1. The number of amides is 1. The number of ether oxygens (including phenoxy) is 1. The van der Waals surface area contributed by atoms with Crippen LogP contribution in [-0.2, 0) is 16.1 Å². The van der Waals surface area contributed by atoms with E-state index < -0.39 is 0 Å². The summed E-state index contributed by atoms with van der Waals surface area (Å²) in [5.41, 5.74) is 3.13. The van der Waals surface area contributed by atoms with E-state index in [9.17, 15) is 9.59 Å². The molecule has 1 aliphatic heterocycles. The molecule has 6 heteroatoms. The summed E-state index contributed by atoms with van der Waals surface area (Å²) in [6.45, 7) is 8.77. The molecule has 1 N–H and O–H groups in total. The molecule has 1 amide bonds. The third-order valence-electron chi connectivity index (χ3n) is 3.88. The lowest BCUT2D eigenvalue weighted by Gasteiger charge is -2.27. The Labute approximate surface area is 118 Å². The topological polar surface area (TPSA) is 63.6 Å². The summed E-state index contributed by atoms with van der Waals surface area (Å²) >= 11 is 0. The maximum absolute atomic E-state index is 11.3. The van der Waals surface area contributed by atoms with Gasteiger partial charge in [0.2, 0.25) is 6.41 Å². The van der Waals surface area contributed by atoms with Crippen LogP contribution < -0.4 is 5.32 Å². The third-order valence-corrected chi connectivity index (χ3v) is 3.88. The monoisotopic (exact) mass is 279 g/mol. The Kier molecular flexibility index (Phi) is 4.92. The van der Waals surface area contributed by atoms with Gasteiger partial charge in [-0.05, 0) is 13.8 Å². The highest BCUT2D eigenvalue weighted by molar-refractivity contribution is 5.84. The van der Waals surface area contributed by atoms with Crippen LogP contribution in [0.1, 0.15) is 21.7 Å². The summed E-state index contributed by atoms with van der Waals surface area (Å²) in [7, 11) is 0. The summed E-state index contributed by atoms with van der Waals surface area (Å²) in [6.07, 6.45) is 1.51. The Hall–Kier alpha value is -1.66. The number of morpholine rings is 1. The lowest BCUT2D eigenvalue weighted by molar-refractivity contribution is -0.105. The van der Waals surface area contributed by atoms with E-state index >= 15 is 0 Å². The second-order valence-electron chi connectivity index (χ2n) is 4.96. The molecule has 1 fully saturated rings. The van der Waals surface area contributed by atoms with Gasteiger partial charge >= 0.3 is 0 Å². The molecule has 0 bridgehead atoms. The molecule has 1 saturated heterocycles. The minimum Gasteiger partial charge on any atom is -0.379 e. The van der Waals surface area contributed by atoms with E-state index in [4.69, 9.17) is 4.74 Å². The standard InChI is InChI=1S/C14H21N3O3/c1-11-13(9-18)17(12(2)14(11)15-10-19)4-3-16-5-7-20-8-6-16/h9-10H,3-8H2,1-2H3,(H,15,19). The van der Waals surface area contributed by atoms with Crippen LogP contribution in [0.3, 0.4) is 0 Å². The molecule has 6 nitrogen and oxygen atoms in total. The van der Waals surface area contributed by atoms with Gasteiger partial charge in [-0.15, -0.1) is 0 Å². The van der Waals surface area contributed by atoms with Crippen molar-refractivity contribution in [2.75, 3.05) is 38.2 Å². The minimum absolute atomic E-state index is 0.639. The average molecular weight is 279 g/mol. The lowest BCUT2D eigenvalue weighted by atomic mass is 10.2. The average Bonchev–Trinajstić information content (AvgIpc) is 2.70. The number of aromatic nitrogens is 1. The number of hydrogen-bond acceptors (Lipinski definition) is 4. The van der Waals surface area contributed by atoms with Crippen LogP contribution >= 0.6 is 0 Å². The Morgan fingerprint density at radius 2 is 1.90 bits per heavy atom. The fourth-order valence-electron chi connectivity index (χ4n) is 2.70. The fourth-order valence-corrected chi connectivity index (χ4v) is 2.70. The maximum Gasteiger partial charge on any atom is 0.211 e. The number of anilines is 1. The highest BCUT2D eigenvalue weighted by Gasteiger charge is 2.18. The first-order valence-corrected chi connectivity index (χ1v) is 6.84. The Bertz CT molecular complexity index is 490. The first-order valence-electron chi connectivity index (χ1n) is 6.84. The van der Waals surface area contributed by atoms with E-state index in [1.165, 1.54) is 0 Å². The molecule has 0 unspecified atom stereocenters. The molecule has 1 aromatic heterocycles. The Morgan fingerprint density at radius 3 is 2.50 bits per heavy atom. The Morgan fingerprint density at radius 1 is 1.20 bits per heavy atom. The molecular weight excluding hydrogens is 258 g/mol.